The van der Waals surface area contributed by atoms with Gasteiger partial charge in [0, 0.05) is 5.41 Å². The standard InChI is InChI=1S/C9H12.C2H6/c1-9-6-2-4-8(9)5-3-7-9;1-2/h2,4,6H,3,5,7H2,1H3;1-2H3. The van der Waals surface area contributed by atoms with Crippen molar-refractivity contribution in [3.8, 4) is 0 Å². The fourth-order valence-electron chi connectivity index (χ4n) is 1.93. The molecular formula is C11H18. The lowest BCUT2D eigenvalue weighted by Crippen LogP contribution is -2.05. The Morgan fingerprint density at radius 3 is 2.73 bits per heavy atom. The predicted octanol–water partition coefficient (Wildman–Crippen LogP) is 3.70. The van der Waals surface area contributed by atoms with E-state index in [0.717, 1.165) is 0 Å². The Morgan fingerprint density at radius 2 is 2.09 bits per heavy atom. The highest BCUT2D eigenvalue weighted by molar-refractivity contribution is 5.35. The number of rotatable bonds is 0. The Hall–Kier alpha value is -0.520. The van der Waals surface area contributed by atoms with E-state index >= 15 is 0 Å². The summed E-state index contributed by atoms with van der Waals surface area (Å²) in [5.74, 6) is 0. The second-order valence-corrected chi connectivity index (χ2v) is 3.32. The molecule has 0 bridgehead atoms. The minimum absolute atomic E-state index is 0.486. The van der Waals surface area contributed by atoms with Crippen molar-refractivity contribution < 1.29 is 0 Å². The van der Waals surface area contributed by atoms with E-state index < -0.39 is 0 Å². The van der Waals surface area contributed by atoms with Gasteiger partial charge in [-0.05, 0) is 19.3 Å². The zero-order chi connectivity index (χ0) is 8.32. The van der Waals surface area contributed by atoms with Gasteiger partial charge in [-0.2, -0.15) is 0 Å². The molecule has 0 heteroatoms. The van der Waals surface area contributed by atoms with Crippen molar-refractivity contribution >= 4 is 0 Å². The molecule has 0 radical (unpaired) electrons. The zero-order valence-electron chi connectivity index (χ0n) is 7.85. The summed E-state index contributed by atoms with van der Waals surface area (Å²) >= 11 is 0. The van der Waals surface area contributed by atoms with Crippen molar-refractivity contribution in [1.82, 2.24) is 0 Å². The van der Waals surface area contributed by atoms with Gasteiger partial charge in [0.15, 0.2) is 0 Å². The molecule has 0 spiro atoms. The third kappa shape index (κ3) is 1.40. The third-order valence-electron chi connectivity index (χ3n) is 2.64. The molecule has 62 valence electrons. The van der Waals surface area contributed by atoms with Crippen LogP contribution >= 0.6 is 0 Å². The number of hydrogen-bond acceptors (Lipinski definition) is 0. The van der Waals surface area contributed by atoms with E-state index in [1.165, 1.54) is 19.3 Å². The summed E-state index contributed by atoms with van der Waals surface area (Å²) in [6, 6.07) is 0. The first-order valence-corrected chi connectivity index (χ1v) is 4.70. The molecule has 1 atom stereocenters. The minimum Gasteiger partial charge on any atom is -0.0745 e. The molecule has 0 saturated heterocycles. The molecule has 1 unspecified atom stereocenters. The van der Waals surface area contributed by atoms with E-state index in [2.05, 4.69) is 25.2 Å². The van der Waals surface area contributed by atoms with Crippen LogP contribution in [0, 0.1) is 5.41 Å². The van der Waals surface area contributed by atoms with Gasteiger partial charge in [-0.25, -0.2) is 0 Å². The quantitative estimate of drug-likeness (QED) is 0.494. The summed E-state index contributed by atoms with van der Waals surface area (Å²) < 4.78 is 0. The highest BCUT2D eigenvalue weighted by Crippen LogP contribution is 2.46. The van der Waals surface area contributed by atoms with Crippen LogP contribution in [0.3, 0.4) is 0 Å². The molecular weight excluding hydrogens is 132 g/mol. The highest BCUT2D eigenvalue weighted by Gasteiger charge is 2.32. The van der Waals surface area contributed by atoms with Crippen molar-refractivity contribution in [1.29, 1.82) is 0 Å². The average Bonchev–Trinajstić information content (AvgIpc) is 2.49. The van der Waals surface area contributed by atoms with Crippen LogP contribution in [0.15, 0.2) is 23.8 Å². The Bertz CT molecular complexity index is 186. The van der Waals surface area contributed by atoms with Gasteiger partial charge >= 0.3 is 0 Å². The highest BCUT2D eigenvalue weighted by atomic mass is 14.4. The number of hydrogen-bond donors (Lipinski definition) is 0. The van der Waals surface area contributed by atoms with Crippen LogP contribution in [0.5, 0.6) is 0 Å². The largest absolute Gasteiger partial charge is 0.0745 e. The maximum absolute atomic E-state index is 2.34. The van der Waals surface area contributed by atoms with E-state index in [1.54, 1.807) is 5.57 Å². The second kappa shape index (κ2) is 3.25. The molecule has 0 nitrogen and oxygen atoms in total. The smallest absolute Gasteiger partial charge is 0.00688 e. The normalized spacial score (nSPS) is 32.5. The molecule has 0 heterocycles. The van der Waals surface area contributed by atoms with Crippen molar-refractivity contribution in [3.05, 3.63) is 23.8 Å². The van der Waals surface area contributed by atoms with Gasteiger partial charge in [-0.1, -0.05) is 44.6 Å². The van der Waals surface area contributed by atoms with Crippen molar-refractivity contribution in [2.24, 2.45) is 5.41 Å². The summed E-state index contributed by atoms with van der Waals surface area (Å²) in [5, 5.41) is 0. The molecule has 2 aliphatic rings. The van der Waals surface area contributed by atoms with Crippen LogP contribution in [0.25, 0.3) is 0 Å². The first kappa shape index (κ1) is 8.58. The second-order valence-electron chi connectivity index (χ2n) is 3.32. The topological polar surface area (TPSA) is 0 Å². The molecule has 1 fully saturated rings. The third-order valence-corrected chi connectivity index (χ3v) is 2.64. The Morgan fingerprint density at radius 1 is 1.36 bits per heavy atom. The lowest BCUT2D eigenvalue weighted by Gasteiger charge is -2.16. The molecule has 2 aliphatic carbocycles. The molecule has 1 saturated carbocycles. The van der Waals surface area contributed by atoms with Crippen LogP contribution in [-0.4, -0.2) is 0 Å². The van der Waals surface area contributed by atoms with Crippen LogP contribution < -0.4 is 0 Å². The first-order chi connectivity index (χ1) is 5.31. The van der Waals surface area contributed by atoms with E-state index in [4.69, 9.17) is 0 Å². The molecule has 2 rings (SSSR count). The van der Waals surface area contributed by atoms with Gasteiger partial charge in [0.25, 0.3) is 0 Å². The van der Waals surface area contributed by atoms with Crippen LogP contribution in [0.4, 0.5) is 0 Å². The maximum atomic E-state index is 2.34. The van der Waals surface area contributed by atoms with E-state index in [9.17, 15) is 0 Å². The molecule has 0 aliphatic heterocycles. The molecule has 11 heavy (non-hydrogen) atoms. The summed E-state index contributed by atoms with van der Waals surface area (Å²) in [5.41, 5.74) is 2.14. The monoisotopic (exact) mass is 150 g/mol. The maximum Gasteiger partial charge on any atom is 0.00688 e. The van der Waals surface area contributed by atoms with Gasteiger partial charge in [-0.15, -0.1) is 0 Å². The van der Waals surface area contributed by atoms with E-state index in [-0.39, 0.29) is 0 Å². The van der Waals surface area contributed by atoms with Crippen LogP contribution in [0.2, 0.25) is 0 Å². The zero-order valence-corrected chi connectivity index (χ0v) is 7.85. The average molecular weight is 150 g/mol. The summed E-state index contributed by atoms with van der Waals surface area (Å²) in [6.45, 7) is 6.34. The molecule has 0 N–H and O–H groups in total. The molecule has 0 aromatic carbocycles. The first-order valence-electron chi connectivity index (χ1n) is 4.70. The van der Waals surface area contributed by atoms with E-state index in [0.29, 0.717) is 5.41 Å². The van der Waals surface area contributed by atoms with Gasteiger partial charge in [0.1, 0.15) is 0 Å². The summed E-state index contributed by atoms with van der Waals surface area (Å²) in [4.78, 5) is 0. The summed E-state index contributed by atoms with van der Waals surface area (Å²) in [6.07, 6.45) is 10.9. The lowest BCUT2D eigenvalue weighted by atomic mass is 9.88. The number of fused-ring (bicyclic) bond motifs is 1. The van der Waals surface area contributed by atoms with Crippen LogP contribution in [0.1, 0.15) is 40.0 Å². The number of allylic oxidation sites excluding steroid dienone is 4. The SMILES string of the molecule is CC.CC12C=CC=C1CCC2. The Kier molecular flexibility index (Phi) is 2.53. The van der Waals surface area contributed by atoms with Crippen molar-refractivity contribution in [2.45, 2.75) is 40.0 Å². The Balaban J connectivity index is 0.000000281. The Labute approximate surface area is 70.0 Å². The van der Waals surface area contributed by atoms with E-state index in [1.807, 2.05) is 13.8 Å². The van der Waals surface area contributed by atoms with Gasteiger partial charge < -0.3 is 0 Å². The molecule has 0 amide bonds. The molecule has 0 aromatic heterocycles. The van der Waals surface area contributed by atoms with Crippen LogP contribution in [-0.2, 0) is 0 Å². The van der Waals surface area contributed by atoms with Gasteiger partial charge in [-0.3, -0.25) is 0 Å². The minimum atomic E-state index is 0.486. The van der Waals surface area contributed by atoms with Crippen molar-refractivity contribution in [3.63, 3.8) is 0 Å². The molecule has 0 aromatic rings. The fourth-order valence-corrected chi connectivity index (χ4v) is 1.93. The summed E-state index contributed by atoms with van der Waals surface area (Å²) in [7, 11) is 0. The van der Waals surface area contributed by atoms with Gasteiger partial charge in [0.2, 0.25) is 0 Å². The van der Waals surface area contributed by atoms with Gasteiger partial charge in [0.05, 0.1) is 0 Å². The lowest BCUT2D eigenvalue weighted by molar-refractivity contribution is 0.538. The fraction of sp³-hybridized carbons (Fsp3) is 0.636. The van der Waals surface area contributed by atoms with Crippen molar-refractivity contribution in [2.75, 3.05) is 0 Å². The predicted molar refractivity (Wildman–Crippen MR) is 50.5 cm³/mol.